The summed E-state index contributed by atoms with van der Waals surface area (Å²) in [4.78, 5) is 16.1. The van der Waals surface area contributed by atoms with Crippen LogP contribution in [-0.2, 0) is 4.74 Å². The van der Waals surface area contributed by atoms with Crippen LogP contribution in [0.5, 0.6) is 0 Å². The highest BCUT2D eigenvalue weighted by Gasteiger charge is 2.09. The maximum Gasteiger partial charge on any atom is 0.269 e. The molecule has 1 heterocycles. The van der Waals surface area contributed by atoms with E-state index < -0.39 is 0 Å². The topological polar surface area (TPSA) is 51.2 Å². The number of nitrogens with zero attached hydrogens (tertiary/aromatic N) is 1. The van der Waals surface area contributed by atoms with Crippen LogP contribution in [0.2, 0.25) is 0 Å². The molecule has 1 unspecified atom stereocenters. The summed E-state index contributed by atoms with van der Waals surface area (Å²) in [5.41, 5.74) is 0.484. The minimum atomic E-state index is -0.0918. The number of carbonyl (C=O) groups excluding carboxylic acids is 1. The van der Waals surface area contributed by atoms with E-state index in [0.29, 0.717) is 12.2 Å². The quantitative estimate of drug-likeness (QED) is 0.153. The molecule has 0 aromatic carbocycles. The van der Waals surface area contributed by atoms with Gasteiger partial charge in [0.05, 0.1) is 0 Å². The molecule has 0 fully saturated rings. The highest BCUT2D eigenvalue weighted by Crippen LogP contribution is 2.20. The monoisotopic (exact) mass is 474 g/mol. The van der Waals surface area contributed by atoms with Gasteiger partial charge in [0.1, 0.15) is 5.69 Å². The Morgan fingerprint density at radius 3 is 1.94 bits per heavy atom. The number of unbranched alkanes of at least 4 members (excludes halogenated alkanes) is 13. The number of hydrogen-bond donors (Lipinski definition) is 1. The minimum Gasteiger partial charge on any atom is -0.381 e. The van der Waals surface area contributed by atoms with Gasteiger partial charge in [0.15, 0.2) is 0 Å². The normalized spacial score (nSPS) is 12.1. The lowest BCUT2D eigenvalue weighted by Crippen LogP contribution is -2.25. The Morgan fingerprint density at radius 2 is 1.38 bits per heavy atom. The van der Waals surface area contributed by atoms with Crippen molar-refractivity contribution in [3.05, 3.63) is 30.1 Å². The predicted molar refractivity (Wildman–Crippen MR) is 145 cm³/mol. The fourth-order valence-corrected chi connectivity index (χ4v) is 4.46. The van der Waals surface area contributed by atoms with Gasteiger partial charge >= 0.3 is 0 Å². The second kappa shape index (κ2) is 23.3. The molecule has 1 aromatic rings. The Bertz CT molecular complexity index is 564. The number of aromatic nitrogens is 1. The molecular weight excluding hydrogens is 420 g/mol. The summed E-state index contributed by atoms with van der Waals surface area (Å²) in [7, 11) is 0. The first-order valence-corrected chi connectivity index (χ1v) is 14.5. The number of ether oxygens (including phenoxy) is 1. The molecule has 1 rings (SSSR count). The number of carbonyl (C=O) groups is 1. The zero-order valence-corrected chi connectivity index (χ0v) is 22.5. The SMILES string of the molecule is CCCCCCCCCCC(CCCCCCCC)COCCCCNC(=O)c1ccccn1. The van der Waals surface area contributed by atoms with Crippen molar-refractivity contribution >= 4 is 5.91 Å². The highest BCUT2D eigenvalue weighted by atomic mass is 16.5. The average Bonchev–Trinajstić information content (AvgIpc) is 2.86. The summed E-state index contributed by atoms with van der Waals surface area (Å²) < 4.78 is 6.08. The summed E-state index contributed by atoms with van der Waals surface area (Å²) in [6.45, 7) is 6.95. The Hall–Kier alpha value is -1.42. The molecular formula is C30H54N2O2. The van der Waals surface area contributed by atoms with Crippen LogP contribution in [0, 0.1) is 5.92 Å². The maximum absolute atomic E-state index is 12.0. The van der Waals surface area contributed by atoms with Gasteiger partial charge < -0.3 is 10.1 Å². The molecule has 0 radical (unpaired) electrons. The van der Waals surface area contributed by atoms with Gasteiger partial charge in [-0.2, -0.15) is 0 Å². The average molecular weight is 475 g/mol. The molecule has 4 nitrogen and oxygen atoms in total. The van der Waals surface area contributed by atoms with Gasteiger partial charge in [0.25, 0.3) is 5.91 Å². The van der Waals surface area contributed by atoms with Crippen molar-refractivity contribution in [2.24, 2.45) is 5.92 Å². The first-order chi connectivity index (χ1) is 16.8. The summed E-state index contributed by atoms with van der Waals surface area (Å²) in [5, 5.41) is 2.95. The molecule has 0 aliphatic heterocycles. The van der Waals surface area contributed by atoms with Gasteiger partial charge in [-0.1, -0.05) is 110 Å². The highest BCUT2D eigenvalue weighted by molar-refractivity contribution is 5.92. The Morgan fingerprint density at radius 1 is 0.794 bits per heavy atom. The molecule has 0 saturated carbocycles. The van der Waals surface area contributed by atoms with Crippen molar-refractivity contribution in [2.75, 3.05) is 19.8 Å². The van der Waals surface area contributed by atoms with Gasteiger partial charge in [-0.15, -0.1) is 0 Å². The van der Waals surface area contributed by atoms with E-state index in [4.69, 9.17) is 4.74 Å². The van der Waals surface area contributed by atoms with Gasteiger partial charge in [-0.25, -0.2) is 0 Å². The van der Waals surface area contributed by atoms with Crippen LogP contribution in [0.1, 0.15) is 140 Å². The van der Waals surface area contributed by atoms with Crippen molar-refractivity contribution in [3.63, 3.8) is 0 Å². The number of hydrogen-bond acceptors (Lipinski definition) is 3. The van der Waals surface area contributed by atoms with Gasteiger partial charge in [-0.05, 0) is 43.7 Å². The van der Waals surface area contributed by atoms with E-state index in [9.17, 15) is 4.79 Å². The lowest BCUT2D eigenvalue weighted by Gasteiger charge is -2.17. The van der Waals surface area contributed by atoms with Crippen molar-refractivity contribution in [1.29, 1.82) is 0 Å². The maximum atomic E-state index is 12.0. The van der Waals surface area contributed by atoms with E-state index in [0.717, 1.165) is 32.0 Å². The zero-order valence-electron chi connectivity index (χ0n) is 22.5. The molecule has 1 atom stereocenters. The van der Waals surface area contributed by atoms with Crippen LogP contribution in [-0.4, -0.2) is 30.6 Å². The van der Waals surface area contributed by atoms with E-state index in [1.54, 1.807) is 12.3 Å². The van der Waals surface area contributed by atoms with Crippen molar-refractivity contribution < 1.29 is 9.53 Å². The third kappa shape index (κ3) is 18.0. The number of amides is 1. The third-order valence-electron chi connectivity index (χ3n) is 6.68. The molecule has 0 spiro atoms. The first-order valence-electron chi connectivity index (χ1n) is 14.5. The fourth-order valence-electron chi connectivity index (χ4n) is 4.46. The van der Waals surface area contributed by atoms with Crippen LogP contribution in [0.15, 0.2) is 24.4 Å². The molecule has 4 heteroatoms. The number of rotatable bonds is 24. The molecule has 1 amide bonds. The van der Waals surface area contributed by atoms with Gasteiger partial charge in [0, 0.05) is 26.0 Å². The summed E-state index contributed by atoms with van der Waals surface area (Å²) in [6.07, 6.45) is 25.6. The predicted octanol–water partition coefficient (Wildman–Crippen LogP) is 8.51. The lowest BCUT2D eigenvalue weighted by molar-refractivity contribution is 0.0867. The molecule has 0 bridgehead atoms. The summed E-state index contributed by atoms with van der Waals surface area (Å²) >= 11 is 0. The van der Waals surface area contributed by atoms with Gasteiger partial charge in [0.2, 0.25) is 0 Å². The van der Waals surface area contributed by atoms with Crippen molar-refractivity contribution in [3.8, 4) is 0 Å². The Balaban J connectivity index is 2.13. The van der Waals surface area contributed by atoms with E-state index in [-0.39, 0.29) is 5.91 Å². The lowest BCUT2D eigenvalue weighted by atomic mass is 9.94. The number of nitrogens with one attached hydrogen (secondary N) is 1. The Labute approximate surface area is 211 Å². The van der Waals surface area contributed by atoms with E-state index in [1.165, 1.54) is 103 Å². The van der Waals surface area contributed by atoms with Crippen LogP contribution < -0.4 is 5.32 Å². The van der Waals surface area contributed by atoms with Crippen LogP contribution in [0.3, 0.4) is 0 Å². The summed E-state index contributed by atoms with van der Waals surface area (Å²) in [5.74, 6) is 0.626. The van der Waals surface area contributed by atoms with Crippen LogP contribution in [0.25, 0.3) is 0 Å². The van der Waals surface area contributed by atoms with E-state index in [1.807, 2.05) is 12.1 Å². The molecule has 1 N–H and O–H groups in total. The van der Waals surface area contributed by atoms with Gasteiger partial charge in [-0.3, -0.25) is 9.78 Å². The molecule has 196 valence electrons. The second-order valence-corrected chi connectivity index (χ2v) is 9.94. The van der Waals surface area contributed by atoms with Crippen LogP contribution in [0.4, 0.5) is 0 Å². The summed E-state index contributed by atoms with van der Waals surface area (Å²) in [6, 6.07) is 5.41. The standard InChI is InChI=1S/C30H54N2O2/c1-3-5-7-9-11-12-14-16-22-28(21-15-13-10-8-6-4-2)27-34-26-20-19-25-32-30(33)29-23-17-18-24-31-29/h17-18,23-24,28H,3-16,19-22,25-27H2,1-2H3,(H,32,33). The molecule has 34 heavy (non-hydrogen) atoms. The van der Waals surface area contributed by atoms with E-state index in [2.05, 4.69) is 24.1 Å². The van der Waals surface area contributed by atoms with Crippen molar-refractivity contribution in [1.82, 2.24) is 10.3 Å². The molecule has 0 aliphatic rings. The second-order valence-electron chi connectivity index (χ2n) is 9.94. The Kier molecular flexibility index (Phi) is 21.0. The van der Waals surface area contributed by atoms with Crippen molar-refractivity contribution in [2.45, 2.75) is 129 Å². The zero-order chi connectivity index (χ0) is 24.5. The smallest absolute Gasteiger partial charge is 0.269 e. The largest absolute Gasteiger partial charge is 0.381 e. The van der Waals surface area contributed by atoms with Crippen LogP contribution >= 0.6 is 0 Å². The molecule has 0 aliphatic carbocycles. The third-order valence-corrected chi connectivity index (χ3v) is 6.68. The minimum absolute atomic E-state index is 0.0918. The fraction of sp³-hybridized carbons (Fsp3) is 0.800. The first kappa shape index (κ1) is 30.6. The van der Waals surface area contributed by atoms with E-state index >= 15 is 0 Å². The number of pyridine rings is 1. The molecule has 1 aromatic heterocycles. The molecule has 0 saturated heterocycles.